The van der Waals surface area contributed by atoms with Crippen molar-refractivity contribution in [2.24, 2.45) is 5.92 Å². The quantitative estimate of drug-likeness (QED) is 0.769. The lowest BCUT2D eigenvalue weighted by atomic mass is 9.91. The van der Waals surface area contributed by atoms with E-state index < -0.39 is 0 Å². The molecule has 0 amide bonds. The maximum atomic E-state index is 11.8. The van der Waals surface area contributed by atoms with Gasteiger partial charge in [0.25, 0.3) is 0 Å². The third-order valence-electron chi connectivity index (χ3n) is 3.23. The summed E-state index contributed by atoms with van der Waals surface area (Å²) in [6.07, 6.45) is -0.186. The standard InChI is InChI=1S/C15H18O3/c1-9(2)14-13(10(3)15(16)18-14)11-7-5-6-8-12(11)17-4/h5-9,14H,1-4H3. The van der Waals surface area contributed by atoms with Gasteiger partial charge in [0.2, 0.25) is 0 Å². The molecule has 3 heteroatoms. The first-order chi connectivity index (χ1) is 8.56. The summed E-state index contributed by atoms with van der Waals surface area (Å²) in [4.78, 5) is 11.8. The van der Waals surface area contributed by atoms with Gasteiger partial charge in [-0.3, -0.25) is 0 Å². The summed E-state index contributed by atoms with van der Waals surface area (Å²) in [6, 6.07) is 7.73. The topological polar surface area (TPSA) is 35.5 Å². The Bertz CT molecular complexity index is 500. The van der Waals surface area contributed by atoms with Gasteiger partial charge in [0, 0.05) is 16.7 Å². The summed E-state index contributed by atoms with van der Waals surface area (Å²) in [7, 11) is 1.64. The second kappa shape index (κ2) is 4.84. The molecule has 96 valence electrons. The van der Waals surface area contributed by atoms with Gasteiger partial charge < -0.3 is 9.47 Å². The molecule has 0 aromatic heterocycles. The first-order valence-corrected chi connectivity index (χ1v) is 6.11. The molecule has 0 fully saturated rings. The molecule has 0 bridgehead atoms. The number of hydrogen-bond acceptors (Lipinski definition) is 3. The van der Waals surface area contributed by atoms with Crippen molar-refractivity contribution in [2.45, 2.75) is 26.9 Å². The van der Waals surface area contributed by atoms with Gasteiger partial charge in [0.1, 0.15) is 11.9 Å². The minimum absolute atomic E-state index is 0.186. The summed E-state index contributed by atoms with van der Waals surface area (Å²) < 4.78 is 10.8. The van der Waals surface area contributed by atoms with Gasteiger partial charge in [-0.15, -0.1) is 0 Å². The molecule has 0 radical (unpaired) electrons. The number of hydrogen-bond donors (Lipinski definition) is 0. The minimum atomic E-state index is -0.227. The van der Waals surface area contributed by atoms with Gasteiger partial charge >= 0.3 is 5.97 Å². The van der Waals surface area contributed by atoms with Crippen molar-refractivity contribution in [1.82, 2.24) is 0 Å². The summed E-state index contributed by atoms with van der Waals surface area (Å²) in [6.45, 7) is 5.91. The lowest BCUT2D eigenvalue weighted by molar-refractivity contribution is -0.140. The van der Waals surface area contributed by atoms with Crippen molar-refractivity contribution in [2.75, 3.05) is 7.11 Å². The zero-order valence-corrected chi connectivity index (χ0v) is 11.2. The molecule has 0 saturated carbocycles. The lowest BCUT2D eigenvalue weighted by Gasteiger charge is -2.19. The molecule has 0 aliphatic carbocycles. The number of benzene rings is 1. The highest BCUT2D eigenvalue weighted by Gasteiger charge is 2.35. The van der Waals surface area contributed by atoms with E-state index in [0.717, 1.165) is 16.9 Å². The van der Waals surface area contributed by atoms with Crippen LogP contribution < -0.4 is 4.74 Å². The summed E-state index contributed by atoms with van der Waals surface area (Å²) in [5.41, 5.74) is 2.58. The molecule has 1 heterocycles. The molecule has 1 aliphatic rings. The summed E-state index contributed by atoms with van der Waals surface area (Å²) >= 11 is 0. The average Bonchev–Trinajstić information content (AvgIpc) is 2.66. The van der Waals surface area contributed by atoms with Gasteiger partial charge in [-0.25, -0.2) is 4.79 Å². The van der Waals surface area contributed by atoms with Crippen molar-refractivity contribution in [3.05, 3.63) is 35.4 Å². The van der Waals surface area contributed by atoms with E-state index in [2.05, 4.69) is 0 Å². The van der Waals surface area contributed by atoms with Crippen molar-refractivity contribution < 1.29 is 14.3 Å². The maximum absolute atomic E-state index is 11.8. The number of cyclic esters (lactones) is 1. The molecule has 1 aliphatic heterocycles. The Kier molecular flexibility index (Phi) is 3.41. The molecule has 0 saturated heterocycles. The normalized spacial score (nSPS) is 19.4. The molecule has 0 spiro atoms. The molecule has 2 rings (SSSR count). The van der Waals surface area contributed by atoms with Crippen molar-refractivity contribution in [3.63, 3.8) is 0 Å². The van der Waals surface area contributed by atoms with Gasteiger partial charge in [0.15, 0.2) is 0 Å². The SMILES string of the molecule is COc1ccccc1C1=C(C)C(=O)OC1C(C)C. The Morgan fingerprint density at radius 1 is 1.28 bits per heavy atom. The Labute approximate surface area is 107 Å². The van der Waals surface area contributed by atoms with Crippen LogP contribution in [0.5, 0.6) is 5.75 Å². The van der Waals surface area contributed by atoms with Crippen LogP contribution in [0.2, 0.25) is 0 Å². The van der Waals surface area contributed by atoms with Crippen LogP contribution in [-0.2, 0) is 9.53 Å². The molecular weight excluding hydrogens is 228 g/mol. The number of rotatable bonds is 3. The minimum Gasteiger partial charge on any atom is -0.496 e. The Hall–Kier alpha value is -1.77. The van der Waals surface area contributed by atoms with Gasteiger partial charge in [-0.2, -0.15) is 0 Å². The fourth-order valence-electron chi connectivity index (χ4n) is 2.28. The number of carbonyl (C=O) groups excluding carboxylic acids is 1. The number of ether oxygens (including phenoxy) is 2. The third-order valence-corrected chi connectivity index (χ3v) is 3.23. The predicted molar refractivity (Wildman–Crippen MR) is 70.3 cm³/mol. The van der Waals surface area contributed by atoms with E-state index in [1.54, 1.807) is 7.11 Å². The van der Waals surface area contributed by atoms with Crippen LogP contribution in [0.25, 0.3) is 5.57 Å². The molecule has 1 aromatic rings. The smallest absolute Gasteiger partial charge is 0.334 e. The van der Waals surface area contributed by atoms with Crippen LogP contribution in [0.15, 0.2) is 29.8 Å². The number of esters is 1. The van der Waals surface area contributed by atoms with Crippen LogP contribution in [0.4, 0.5) is 0 Å². The van der Waals surface area contributed by atoms with Crippen molar-refractivity contribution in [1.29, 1.82) is 0 Å². The second-order valence-corrected chi connectivity index (χ2v) is 4.81. The molecule has 3 nitrogen and oxygen atoms in total. The first-order valence-electron chi connectivity index (χ1n) is 6.11. The number of methoxy groups -OCH3 is 1. The maximum Gasteiger partial charge on any atom is 0.334 e. The lowest BCUT2D eigenvalue weighted by Crippen LogP contribution is -2.18. The molecule has 18 heavy (non-hydrogen) atoms. The Morgan fingerprint density at radius 2 is 1.94 bits per heavy atom. The van der Waals surface area contributed by atoms with Crippen LogP contribution >= 0.6 is 0 Å². The third kappa shape index (κ3) is 2.01. The summed E-state index contributed by atoms with van der Waals surface area (Å²) in [5, 5.41) is 0. The molecule has 1 aromatic carbocycles. The van der Waals surface area contributed by atoms with E-state index >= 15 is 0 Å². The van der Waals surface area contributed by atoms with E-state index in [1.165, 1.54) is 0 Å². The highest BCUT2D eigenvalue weighted by molar-refractivity contribution is 6.03. The van der Waals surface area contributed by atoms with Crippen LogP contribution in [0.1, 0.15) is 26.3 Å². The summed E-state index contributed by atoms with van der Waals surface area (Å²) in [5.74, 6) is 0.789. The highest BCUT2D eigenvalue weighted by atomic mass is 16.5. The zero-order chi connectivity index (χ0) is 13.3. The van der Waals surface area contributed by atoms with E-state index in [9.17, 15) is 4.79 Å². The van der Waals surface area contributed by atoms with Crippen LogP contribution in [0.3, 0.4) is 0 Å². The van der Waals surface area contributed by atoms with E-state index in [0.29, 0.717) is 5.57 Å². The second-order valence-electron chi connectivity index (χ2n) is 4.81. The Morgan fingerprint density at radius 3 is 2.56 bits per heavy atom. The highest BCUT2D eigenvalue weighted by Crippen LogP contribution is 2.38. The predicted octanol–water partition coefficient (Wildman–Crippen LogP) is 3.05. The fraction of sp³-hybridized carbons (Fsp3) is 0.400. The van der Waals surface area contributed by atoms with E-state index in [-0.39, 0.29) is 18.0 Å². The number of para-hydroxylation sites is 1. The van der Waals surface area contributed by atoms with E-state index in [1.807, 2.05) is 45.0 Å². The van der Waals surface area contributed by atoms with Crippen molar-refractivity contribution >= 4 is 11.5 Å². The monoisotopic (exact) mass is 246 g/mol. The Balaban J connectivity index is 2.56. The molecule has 1 atom stereocenters. The molecule has 1 unspecified atom stereocenters. The van der Waals surface area contributed by atoms with Gasteiger partial charge in [0.05, 0.1) is 7.11 Å². The fourth-order valence-corrected chi connectivity index (χ4v) is 2.28. The molecular formula is C15H18O3. The van der Waals surface area contributed by atoms with Gasteiger partial charge in [-0.05, 0) is 18.9 Å². The van der Waals surface area contributed by atoms with Crippen molar-refractivity contribution in [3.8, 4) is 5.75 Å². The van der Waals surface area contributed by atoms with E-state index in [4.69, 9.17) is 9.47 Å². The zero-order valence-electron chi connectivity index (χ0n) is 11.2. The number of carbonyl (C=O) groups is 1. The largest absolute Gasteiger partial charge is 0.496 e. The molecule has 0 N–H and O–H groups in total. The van der Waals surface area contributed by atoms with Crippen LogP contribution in [-0.4, -0.2) is 19.2 Å². The first kappa shape index (κ1) is 12.7. The van der Waals surface area contributed by atoms with Crippen LogP contribution in [0, 0.1) is 5.92 Å². The average molecular weight is 246 g/mol. The van der Waals surface area contributed by atoms with Gasteiger partial charge in [-0.1, -0.05) is 32.0 Å².